The Morgan fingerprint density at radius 1 is 1.00 bits per heavy atom. The van der Waals surface area contributed by atoms with Crippen LogP contribution in [0.25, 0.3) is 0 Å². The lowest BCUT2D eigenvalue weighted by Crippen LogP contribution is -2.37. The average Bonchev–Trinajstić information content (AvgIpc) is 3.05. The van der Waals surface area contributed by atoms with Crippen LogP contribution in [0.1, 0.15) is 48.6 Å². The molecule has 1 aliphatic rings. The van der Waals surface area contributed by atoms with E-state index in [0.717, 1.165) is 16.0 Å². The summed E-state index contributed by atoms with van der Waals surface area (Å²) in [6.45, 7) is 3.62. The molecule has 1 aliphatic heterocycles. The molecule has 0 aromatic heterocycles. The van der Waals surface area contributed by atoms with Gasteiger partial charge in [0.15, 0.2) is 6.61 Å². The molecule has 0 saturated heterocycles. The Kier molecular flexibility index (Phi) is 7.75. The number of imide groups is 2. The zero-order chi connectivity index (χ0) is 24.8. The summed E-state index contributed by atoms with van der Waals surface area (Å²) in [6, 6.07) is 8.59. The Morgan fingerprint density at radius 3 is 2.47 bits per heavy atom. The van der Waals surface area contributed by atoms with Gasteiger partial charge in [-0.1, -0.05) is 12.1 Å². The predicted molar refractivity (Wildman–Crippen MR) is 122 cm³/mol. The van der Waals surface area contributed by atoms with E-state index in [-0.39, 0.29) is 23.2 Å². The smallest absolute Gasteiger partial charge is 0.338 e. The van der Waals surface area contributed by atoms with Crippen LogP contribution in [0.4, 0.5) is 10.5 Å². The Morgan fingerprint density at radius 2 is 1.74 bits per heavy atom. The van der Waals surface area contributed by atoms with E-state index in [1.165, 1.54) is 25.3 Å². The van der Waals surface area contributed by atoms with Gasteiger partial charge in [-0.25, -0.2) is 9.59 Å². The molecule has 0 bridgehead atoms. The summed E-state index contributed by atoms with van der Waals surface area (Å²) >= 11 is 0. The second-order valence-corrected chi connectivity index (χ2v) is 7.69. The number of benzene rings is 2. The normalized spacial score (nSPS) is 12.4. The maximum Gasteiger partial charge on any atom is 0.338 e. The third kappa shape index (κ3) is 5.46. The third-order valence-corrected chi connectivity index (χ3v) is 5.38. The molecule has 34 heavy (non-hydrogen) atoms. The maximum atomic E-state index is 12.6. The summed E-state index contributed by atoms with van der Waals surface area (Å²) in [5.41, 5.74) is 2.68. The number of ether oxygens (including phenoxy) is 2. The van der Waals surface area contributed by atoms with Crippen LogP contribution < -0.4 is 10.6 Å². The van der Waals surface area contributed by atoms with Crippen molar-refractivity contribution in [2.75, 3.05) is 32.2 Å². The van der Waals surface area contributed by atoms with E-state index in [1.54, 1.807) is 12.1 Å². The maximum absolute atomic E-state index is 12.6. The molecule has 2 aromatic rings. The van der Waals surface area contributed by atoms with Crippen LogP contribution in [-0.2, 0) is 14.3 Å². The topological polar surface area (TPSA) is 131 Å². The van der Waals surface area contributed by atoms with Crippen LogP contribution in [0, 0.1) is 13.8 Å². The van der Waals surface area contributed by atoms with Gasteiger partial charge in [0.25, 0.3) is 17.7 Å². The van der Waals surface area contributed by atoms with Crippen LogP contribution in [0.15, 0.2) is 36.4 Å². The van der Waals surface area contributed by atoms with Crippen molar-refractivity contribution in [3.05, 3.63) is 64.2 Å². The molecule has 0 saturated carbocycles. The van der Waals surface area contributed by atoms with Crippen LogP contribution >= 0.6 is 0 Å². The first-order valence-corrected chi connectivity index (χ1v) is 10.6. The molecule has 0 radical (unpaired) electrons. The number of rotatable bonds is 8. The highest BCUT2D eigenvalue weighted by atomic mass is 16.5. The molecule has 178 valence electrons. The lowest BCUT2D eigenvalue weighted by Gasteiger charge is -2.12. The van der Waals surface area contributed by atoms with E-state index >= 15 is 0 Å². The largest absolute Gasteiger partial charge is 0.452 e. The molecule has 10 nitrogen and oxygen atoms in total. The Balaban J connectivity index is 1.55. The fourth-order valence-electron chi connectivity index (χ4n) is 3.40. The fourth-order valence-corrected chi connectivity index (χ4v) is 3.40. The monoisotopic (exact) mass is 467 g/mol. The average molecular weight is 467 g/mol. The number of nitrogens with one attached hydrogen (secondary N) is 2. The van der Waals surface area contributed by atoms with Gasteiger partial charge in [-0.3, -0.25) is 24.6 Å². The Bertz CT molecular complexity index is 1160. The molecular weight excluding hydrogens is 442 g/mol. The molecule has 5 amide bonds. The van der Waals surface area contributed by atoms with E-state index in [4.69, 9.17) is 9.47 Å². The van der Waals surface area contributed by atoms with E-state index in [2.05, 4.69) is 10.6 Å². The van der Waals surface area contributed by atoms with Crippen molar-refractivity contribution < 1.29 is 33.4 Å². The highest BCUT2D eigenvalue weighted by molar-refractivity contribution is 6.22. The molecule has 2 N–H and O–H groups in total. The number of carbonyl (C=O) groups excluding carboxylic acids is 5. The number of methoxy groups -OCH3 is 1. The molecule has 0 aliphatic carbocycles. The van der Waals surface area contributed by atoms with Crippen molar-refractivity contribution in [3.63, 3.8) is 0 Å². The lowest BCUT2D eigenvalue weighted by molar-refractivity contribution is -0.123. The molecule has 0 spiro atoms. The van der Waals surface area contributed by atoms with Gasteiger partial charge in [0, 0.05) is 25.9 Å². The SMILES string of the molecule is COCCCN1C(=O)c2ccc(C(=O)OCC(=O)NC(=O)Nc3cccc(C)c3C)cc2C1=O. The third-order valence-electron chi connectivity index (χ3n) is 5.38. The van der Waals surface area contributed by atoms with Gasteiger partial charge in [0.05, 0.1) is 16.7 Å². The first kappa shape index (κ1) is 24.6. The number of aryl methyl sites for hydroxylation is 1. The predicted octanol–water partition coefficient (Wildman–Crippen LogP) is 2.44. The van der Waals surface area contributed by atoms with E-state index < -0.39 is 36.3 Å². The first-order valence-electron chi connectivity index (χ1n) is 10.6. The zero-order valence-electron chi connectivity index (χ0n) is 19.1. The number of urea groups is 1. The second kappa shape index (κ2) is 10.7. The zero-order valence-corrected chi connectivity index (χ0v) is 19.1. The van der Waals surface area contributed by atoms with Crippen molar-refractivity contribution in [2.45, 2.75) is 20.3 Å². The van der Waals surface area contributed by atoms with E-state index in [0.29, 0.717) is 18.7 Å². The van der Waals surface area contributed by atoms with Gasteiger partial charge in [0.1, 0.15) is 0 Å². The first-order chi connectivity index (χ1) is 16.2. The number of fused-ring (bicyclic) bond motifs is 1. The molecule has 2 aromatic carbocycles. The highest BCUT2D eigenvalue weighted by Gasteiger charge is 2.35. The van der Waals surface area contributed by atoms with Crippen molar-refractivity contribution in [3.8, 4) is 0 Å². The van der Waals surface area contributed by atoms with Crippen molar-refractivity contribution in [2.24, 2.45) is 0 Å². The lowest BCUT2D eigenvalue weighted by atomic mass is 10.1. The summed E-state index contributed by atoms with van der Waals surface area (Å²) < 4.78 is 9.90. The number of carbonyl (C=O) groups is 5. The number of esters is 1. The summed E-state index contributed by atoms with van der Waals surface area (Å²) in [6.07, 6.45) is 0.489. The minimum atomic E-state index is -0.869. The number of hydrogen-bond donors (Lipinski definition) is 2. The van der Waals surface area contributed by atoms with Gasteiger partial charge in [-0.15, -0.1) is 0 Å². The standard InChI is InChI=1S/C24H25N3O7/c1-14-6-4-7-19(15(14)2)25-24(32)26-20(28)13-34-23(31)16-8-9-17-18(12-16)22(30)27(21(17)29)10-5-11-33-3/h4,6-9,12H,5,10-11,13H2,1-3H3,(H2,25,26,28,32). The molecule has 10 heteroatoms. The summed E-state index contributed by atoms with van der Waals surface area (Å²) in [4.78, 5) is 62.5. The Labute approximate surface area is 196 Å². The molecule has 1 heterocycles. The summed E-state index contributed by atoms with van der Waals surface area (Å²) in [5, 5.41) is 4.65. The number of anilines is 1. The van der Waals surface area contributed by atoms with Gasteiger partial charge >= 0.3 is 12.0 Å². The summed E-state index contributed by atoms with van der Waals surface area (Å²) in [7, 11) is 1.53. The van der Waals surface area contributed by atoms with Gasteiger partial charge in [0.2, 0.25) is 0 Å². The van der Waals surface area contributed by atoms with E-state index in [9.17, 15) is 24.0 Å². The summed E-state index contributed by atoms with van der Waals surface area (Å²) in [5.74, 6) is -2.64. The van der Waals surface area contributed by atoms with Gasteiger partial charge < -0.3 is 14.8 Å². The molecule has 3 rings (SSSR count). The Hall–Kier alpha value is -4.05. The molecule has 0 atom stereocenters. The van der Waals surface area contributed by atoms with Crippen molar-refractivity contribution >= 4 is 35.4 Å². The van der Waals surface area contributed by atoms with E-state index in [1.807, 2.05) is 19.9 Å². The molecule has 0 fully saturated rings. The van der Waals surface area contributed by atoms with Crippen LogP contribution in [0.5, 0.6) is 0 Å². The molecular formula is C24H25N3O7. The van der Waals surface area contributed by atoms with Crippen LogP contribution in [-0.4, -0.2) is 61.5 Å². The highest BCUT2D eigenvalue weighted by Crippen LogP contribution is 2.24. The minimum absolute atomic E-state index is 0.00581. The van der Waals surface area contributed by atoms with Crippen molar-refractivity contribution in [1.29, 1.82) is 0 Å². The van der Waals surface area contributed by atoms with Crippen LogP contribution in [0.2, 0.25) is 0 Å². The minimum Gasteiger partial charge on any atom is -0.452 e. The number of nitrogens with zero attached hydrogens (tertiary/aromatic N) is 1. The molecule has 0 unspecified atom stereocenters. The number of amides is 5. The second-order valence-electron chi connectivity index (χ2n) is 7.69. The fraction of sp³-hybridized carbons (Fsp3) is 0.292. The number of hydrogen-bond acceptors (Lipinski definition) is 7. The van der Waals surface area contributed by atoms with Gasteiger partial charge in [-0.2, -0.15) is 0 Å². The van der Waals surface area contributed by atoms with Crippen molar-refractivity contribution in [1.82, 2.24) is 10.2 Å². The van der Waals surface area contributed by atoms with Crippen LogP contribution in [0.3, 0.4) is 0 Å². The quantitative estimate of drug-likeness (QED) is 0.346. The van der Waals surface area contributed by atoms with Gasteiger partial charge in [-0.05, 0) is 55.7 Å².